The van der Waals surface area contributed by atoms with Gasteiger partial charge in [-0.15, -0.1) is 0 Å². The predicted octanol–water partition coefficient (Wildman–Crippen LogP) is 10.2. The number of aromatic amines is 2. The van der Waals surface area contributed by atoms with E-state index in [0.717, 1.165) is 67.9 Å². The molecule has 50 heavy (non-hydrogen) atoms. The second kappa shape index (κ2) is 13.6. The summed E-state index contributed by atoms with van der Waals surface area (Å²) in [6, 6.07) is 31.0. The van der Waals surface area contributed by atoms with E-state index >= 15 is 0 Å². The first-order chi connectivity index (χ1) is 24.2. The van der Waals surface area contributed by atoms with Crippen molar-refractivity contribution in [3.63, 3.8) is 0 Å². The second-order valence-electron chi connectivity index (χ2n) is 13.0. The van der Waals surface area contributed by atoms with E-state index in [-0.39, 0.29) is 17.1 Å². The van der Waals surface area contributed by atoms with Gasteiger partial charge in [0.15, 0.2) is 23.3 Å². The van der Waals surface area contributed by atoms with E-state index in [0.29, 0.717) is 34.6 Å². The van der Waals surface area contributed by atoms with Crippen LogP contribution in [0.25, 0.3) is 89.7 Å². The Labute approximate surface area is 300 Å². The van der Waals surface area contributed by atoms with E-state index in [2.05, 4.69) is 71.5 Å². The molecular weight excluding hydrogens is 668 g/mol. The molecule has 0 saturated heterocycles. The summed E-state index contributed by atoms with van der Waals surface area (Å²) in [5.41, 5.74) is 7.91. The van der Waals surface area contributed by atoms with Crippen molar-refractivity contribution in [2.24, 2.45) is 0 Å². The maximum absolute atomic E-state index is 5.25. The molecule has 7 aromatic rings. The minimum Gasteiger partial charge on any atom is -0.324 e. The van der Waals surface area contributed by atoms with Crippen LogP contribution in [0.5, 0.6) is 0 Å². The molecule has 2 N–H and O–H groups in total. The zero-order valence-corrected chi connectivity index (χ0v) is 28.7. The summed E-state index contributed by atoms with van der Waals surface area (Å²) in [5, 5.41) is 4.04. The molecular formula is C41H36CuN8+. The van der Waals surface area contributed by atoms with Crippen molar-refractivity contribution >= 4 is 44.1 Å². The van der Waals surface area contributed by atoms with Gasteiger partial charge in [0.05, 0.1) is 0 Å². The Morgan fingerprint density at radius 1 is 0.420 bits per heavy atom. The van der Waals surface area contributed by atoms with Crippen LogP contribution in [0.2, 0.25) is 0 Å². The van der Waals surface area contributed by atoms with Gasteiger partial charge in [-0.2, -0.15) is 0 Å². The van der Waals surface area contributed by atoms with Crippen molar-refractivity contribution in [1.82, 2.24) is 39.9 Å². The van der Waals surface area contributed by atoms with E-state index in [1.807, 2.05) is 36.4 Å². The molecule has 250 valence electrons. The van der Waals surface area contributed by atoms with Crippen LogP contribution < -0.4 is 0 Å². The van der Waals surface area contributed by atoms with Gasteiger partial charge in [-0.1, -0.05) is 136 Å². The molecule has 0 spiro atoms. The number of hydrogen-bond acceptors (Lipinski definition) is 6. The smallest absolute Gasteiger partial charge is 0.324 e. The van der Waals surface area contributed by atoms with Gasteiger partial charge in [-0.25, -0.2) is 29.9 Å². The summed E-state index contributed by atoms with van der Waals surface area (Å²) >= 11 is 0. The van der Waals surface area contributed by atoms with Crippen molar-refractivity contribution in [3.8, 4) is 45.6 Å². The molecule has 0 unspecified atom stereocenters. The first kappa shape index (κ1) is 32.0. The van der Waals surface area contributed by atoms with E-state index in [1.165, 1.54) is 44.1 Å². The third kappa shape index (κ3) is 5.66. The summed E-state index contributed by atoms with van der Waals surface area (Å²) < 4.78 is 0. The maximum atomic E-state index is 5.25. The van der Waals surface area contributed by atoms with E-state index in [1.54, 1.807) is 0 Å². The zero-order valence-electron chi connectivity index (χ0n) is 27.8. The van der Waals surface area contributed by atoms with Gasteiger partial charge in [-0.3, -0.25) is 0 Å². The fourth-order valence-corrected chi connectivity index (χ4v) is 7.24. The number of fused-ring (bicyclic) bond motifs is 20. The van der Waals surface area contributed by atoms with Gasteiger partial charge in [0.25, 0.3) is 0 Å². The molecule has 9 rings (SSSR count). The Balaban J connectivity index is 0.00000361. The number of unbranched alkanes of at least 4 members (excludes halogenated alkanes) is 6. The van der Waals surface area contributed by atoms with E-state index in [4.69, 9.17) is 29.9 Å². The van der Waals surface area contributed by atoms with Gasteiger partial charge in [0.2, 0.25) is 0 Å². The van der Waals surface area contributed by atoms with Gasteiger partial charge in [0.1, 0.15) is 22.6 Å². The number of nitrogens with zero attached hydrogens (tertiary/aromatic N) is 6. The zero-order chi connectivity index (χ0) is 32.7. The van der Waals surface area contributed by atoms with Crippen LogP contribution in [-0.2, 0) is 23.5 Å². The number of aromatic nitrogens is 8. The Bertz CT molecular complexity index is 2550. The minimum absolute atomic E-state index is 0. The van der Waals surface area contributed by atoms with Gasteiger partial charge in [0, 0.05) is 43.8 Å². The fourth-order valence-electron chi connectivity index (χ4n) is 7.24. The molecule has 0 saturated carbocycles. The standard InChI is InChI=1S/C41H36N8.Cu/c1-2-3-4-5-6-7-8-16-25-17-15-24-32-33(25)41-48-39-31-23-14-13-22-30(31)37(46-39)44-35-27-19-10-9-18-26(27)34(42-35)43-36-28-20-11-12-21-29(28)38(45-36)47-40(32)49-41;/h9-15,17-24H,2-8,16H2,1H3,(H2,42,43,44,45,46,47,48,49);/q;+1. The normalized spacial score (nSPS) is 11.8. The Hall–Kier alpha value is -5.24. The predicted molar refractivity (Wildman–Crippen MR) is 198 cm³/mol. The largest absolute Gasteiger partial charge is 1.00 e. The summed E-state index contributed by atoms with van der Waals surface area (Å²) in [5.74, 6) is 2.47. The van der Waals surface area contributed by atoms with Gasteiger partial charge >= 0.3 is 17.1 Å². The summed E-state index contributed by atoms with van der Waals surface area (Å²) in [7, 11) is 0. The number of aryl methyl sites for hydroxylation is 1. The molecule has 9 heteroatoms. The topological polar surface area (TPSA) is 109 Å². The number of hydrogen-bond donors (Lipinski definition) is 2. The SMILES string of the molecule is CCCCCCCCCc1cccc2c3nc4nc(nc5[nH]c(nc6nc(nc([nH]3)c12)-c1ccccc1-6)c1ccccc51)-c1ccccc1-4.[Cu+]. The number of rotatable bonds is 8. The van der Waals surface area contributed by atoms with Crippen molar-refractivity contribution in [2.75, 3.05) is 0 Å². The van der Waals surface area contributed by atoms with E-state index in [9.17, 15) is 0 Å². The van der Waals surface area contributed by atoms with Gasteiger partial charge in [-0.05, 0) is 18.4 Å². The van der Waals surface area contributed by atoms with Crippen LogP contribution in [0.4, 0.5) is 0 Å². The molecule has 0 amide bonds. The summed E-state index contributed by atoms with van der Waals surface area (Å²) in [6.45, 7) is 2.27. The fraction of sp³-hybridized carbons (Fsp3) is 0.220. The minimum atomic E-state index is 0. The molecule has 8 nitrogen and oxygen atoms in total. The summed E-state index contributed by atoms with van der Waals surface area (Å²) in [6.07, 6.45) is 9.84. The van der Waals surface area contributed by atoms with Crippen molar-refractivity contribution in [1.29, 1.82) is 0 Å². The molecule has 2 aliphatic rings. The number of H-pyrrole nitrogens is 2. The van der Waals surface area contributed by atoms with Crippen LogP contribution in [0.15, 0.2) is 91.0 Å². The molecule has 5 heterocycles. The van der Waals surface area contributed by atoms with Crippen LogP contribution in [-0.4, -0.2) is 39.9 Å². The van der Waals surface area contributed by atoms with Crippen LogP contribution >= 0.6 is 0 Å². The third-order valence-electron chi connectivity index (χ3n) is 9.72. The quantitative estimate of drug-likeness (QED) is 0.120. The van der Waals surface area contributed by atoms with Gasteiger partial charge < -0.3 is 9.97 Å². The average molecular weight is 704 g/mol. The Morgan fingerprint density at radius 2 is 0.840 bits per heavy atom. The molecule has 0 radical (unpaired) electrons. The number of nitrogens with one attached hydrogen (secondary N) is 2. The molecule has 0 atom stereocenters. The Morgan fingerprint density at radius 3 is 1.38 bits per heavy atom. The first-order valence-corrected chi connectivity index (χ1v) is 17.5. The molecule has 3 aromatic heterocycles. The molecule has 4 aromatic carbocycles. The monoisotopic (exact) mass is 703 g/mol. The third-order valence-corrected chi connectivity index (χ3v) is 9.72. The molecule has 2 aliphatic heterocycles. The van der Waals surface area contributed by atoms with Crippen molar-refractivity contribution in [2.45, 2.75) is 58.3 Å². The van der Waals surface area contributed by atoms with Crippen LogP contribution in [0.1, 0.15) is 57.4 Å². The number of benzene rings is 4. The van der Waals surface area contributed by atoms with Crippen molar-refractivity contribution in [3.05, 3.63) is 96.6 Å². The Kier molecular flexibility index (Phi) is 8.69. The average Bonchev–Trinajstić information content (AvgIpc) is 3.87. The first-order valence-electron chi connectivity index (χ1n) is 17.5. The maximum Gasteiger partial charge on any atom is 1.00 e. The summed E-state index contributed by atoms with van der Waals surface area (Å²) in [4.78, 5) is 37.8. The molecule has 8 bridgehead atoms. The van der Waals surface area contributed by atoms with Crippen LogP contribution in [0, 0.1) is 0 Å². The van der Waals surface area contributed by atoms with Crippen LogP contribution in [0.3, 0.4) is 0 Å². The van der Waals surface area contributed by atoms with Crippen molar-refractivity contribution < 1.29 is 17.1 Å². The molecule has 0 aliphatic carbocycles. The second-order valence-corrected chi connectivity index (χ2v) is 13.0. The molecule has 0 fully saturated rings. The van der Waals surface area contributed by atoms with E-state index < -0.39 is 0 Å².